The van der Waals surface area contributed by atoms with Gasteiger partial charge >= 0.3 is 0 Å². The fourth-order valence-electron chi connectivity index (χ4n) is 2.59. The summed E-state index contributed by atoms with van der Waals surface area (Å²) >= 11 is 1.43. The number of nitrogens with zero attached hydrogens (tertiary/aromatic N) is 3. The second-order valence-electron chi connectivity index (χ2n) is 5.88. The highest BCUT2D eigenvalue weighted by molar-refractivity contribution is 7.20. The molecule has 4 rings (SSSR count). The van der Waals surface area contributed by atoms with E-state index in [1.54, 1.807) is 29.6 Å². The smallest absolute Gasteiger partial charge is 0.214 e. The molecule has 0 radical (unpaired) electrons. The molecule has 0 amide bonds. The van der Waals surface area contributed by atoms with Crippen LogP contribution in [0, 0.1) is 5.82 Å². The van der Waals surface area contributed by atoms with Crippen LogP contribution in [0.25, 0.3) is 16.2 Å². The van der Waals surface area contributed by atoms with E-state index in [4.69, 9.17) is 0 Å². The lowest BCUT2D eigenvalue weighted by Crippen LogP contribution is -1.99. The van der Waals surface area contributed by atoms with Crippen LogP contribution in [0.3, 0.4) is 0 Å². The highest BCUT2D eigenvalue weighted by Gasteiger charge is 2.11. The zero-order chi connectivity index (χ0) is 18.1. The molecule has 0 aliphatic carbocycles. The molecule has 0 fully saturated rings. The lowest BCUT2D eigenvalue weighted by atomic mass is 10.1. The summed E-state index contributed by atoms with van der Waals surface area (Å²) in [6, 6.07) is 13.8. The van der Waals surface area contributed by atoms with Gasteiger partial charge in [-0.3, -0.25) is 4.79 Å². The summed E-state index contributed by atoms with van der Waals surface area (Å²) in [5.41, 5.74) is 3.29. The standard InChI is InChI=1S/C19H15FN4OS/c1-12(25)14-3-2-4-15(9-14)17-11-24-19(22-17)26-18(23-24)21-10-13-5-7-16(20)8-6-13/h2-9,11H,10H2,1H3,(H,21,23). The number of carbonyl (C=O) groups excluding carboxylic acids is 1. The summed E-state index contributed by atoms with van der Waals surface area (Å²) in [5, 5.41) is 8.43. The Morgan fingerprint density at radius 3 is 2.77 bits per heavy atom. The first kappa shape index (κ1) is 16.4. The Morgan fingerprint density at radius 2 is 2.04 bits per heavy atom. The van der Waals surface area contributed by atoms with Crippen LogP contribution < -0.4 is 5.32 Å². The number of Topliss-reactive ketones (excluding diaryl/α,β-unsaturated/α-hetero) is 1. The Kier molecular flexibility index (Phi) is 4.22. The van der Waals surface area contributed by atoms with E-state index in [2.05, 4.69) is 15.4 Å². The van der Waals surface area contributed by atoms with Crippen molar-refractivity contribution in [1.82, 2.24) is 14.6 Å². The highest BCUT2D eigenvalue weighted by atomic mass is 32.1. The Balaban J connectivity index is 1.53. The molecular weight excluding hydrogens is 351 g/mol. The van der Waals surface area contributed by atoms with Gasteiger partial charge in [0, 0.05) is 17.7 Å². The van der Waals surface area contributed by atoms with Crippen LogP contribution in [0.15, 0.2) is 54.7 Å². The van der Waals surface area contributed by atoms with Gasteiger partial charge in [-0.1, -0.05) is 41.7 Å². The first-order valence-corrected chi connectivity index (χ1v) is 8.86. The summed E-state index contributed by atoms with van der Waals surface area (Å²) in [7, 11) is 0. The lowest BCUT2D eigenvalue weighted by molar-refractivity contribution is 0.101. The maximum Gasteiger partial charge on any atom is 0.214 e. The number of nitrogens with one attached hydrogen (secondary N) is 1. The molecule has 0 bridgehead atoms. The monoisotopic (exact) mass is 366 g/mol. The average Bonchev–Trinajstić information content (AvgIpc) is 3.20. The van der Waals surface area contributed by atoms with Crippen LogP contribution in [0.5, 0.6) is 0 Å². The number of imidazole rings is 1. The van der Waals surface area contributed by atoms with Gasteiger partial charge in [-0.2, -0.15) is 0 Å². The maximum absolute atomic E-state index is 12.9. The summed E-state index contributed by atoms with van der Waals surface area (Å²) in [6.07, 6.45) is 1.84. The minimum atomic E-state index is -0.247. The van der Waals surface area contributed by atoms with Gasteiger partial charge in [0.1, 0.15) is 5.82 Å². The van der Waals surface area contributed by atoms with Crippen molar-refractivity contribution in [3.8, 4) is 11.3 Å². The molecule has 2 heterocycles. The molecule has 0 unspecified atom stereocenters. The number of hydrogen-bond acceptors (Lipinski definition) is 5. The number of carbonyl (C=O) groups is 1. The molecule has 130 valence electrons. The molecule has 5 nitrogen and oxygen atoms in total. The molecule has 7 heteroatoms. The lowest BCUT2D eigenvalue weighted by Gasteiger charge is -2.02. The molecule has 0 spiro atoms. The van der Waals surface area contributed by atoms with Gasteiger partial charge in [-0.05, 0) is 30.7 Å². The van der Waals surface area contributed by atoms with Crippen molar-refractivity contribution in [2.24, 2.45) is 0 Å². The third kappa shape index (κ3) is 3.34. The largest absolute Gasteiger partial charge is 0.356 e. The third-order valence-corrected chi connectivity index (χ3v) is 4.85. The molecule has 0 aliphatic rings. The van der Waals surface area contributed by atoms with Gasteiger partial charge in [-0.15, -0.1) is 5.10 Å². The molecule has 0 saturated carbocycles. The molecule has 26 heavy (non-hydrogen) atoms. The summed E-state index contributed by atoms with van der Waals surface area (Å²) in [4.78, 5) is 16.9. The predicted molar refractivity (Wildman–Crippen MR) is 100 cm³/mol. The number of hydrogen-bond donors (Lipinski definition) is 1. The summed E-state index contributed by atoms with van der Waals surface area (Å²) in [5.74, 6) is -0.221. The van der Waals surface area contributed by atoms with Crippen molar-refractivity contribution in [3.05, 3.63) is 71.7 Å². The minimum absolute atomic E-state index is 0.0262. The molecule has 2 aromatic heterocycles. The molecular formula is C19H15FN4OS. The number of anilines is 1. The van der Waals surface area contributed by atoms with Crippen molar-refractivity contribution in [2.75, 3.05) is 5.32 Å². The number of benzene rings is 2. The van der Waals surface area contributed by atoms with E-state index in [0.29, 0.717) is 12.1 Å². The van der Waals surface area contributed by atoms with Crippen LogP contribution in [-0.4, -0.2) is 20.4 Å². The van der Waals surface area contributed by atoms with Gasteiger partial charge < -0.3 is 5.32 Å². The van der Waals surface area contributed by atoms with Crippen molar-refractivity contribution >= 4 is 27.2 Å². The van der Waals surface area contributed by atoms with Gasteiger partial charge in [0.25, 0.3) is 0 Å². The van der Waals surface area contributed by atoms with E-state index >= 15 is 0 Å². The number of rotatable bonds is 5. The van der Waals surface area contributed by atoms with Crippen molar-refractivity contribution in [1.29, 1.82) is 0 Å². The van der Waals surface area contributed by atoms with E-state index in [1.807, 2.05) is 24.4 Å². The number of aromatic nitrogens is 3. The van der Waals surface area contributed by atoms with Crippen LogP contribution in [0.1, 0.15) is 22.8 Å². The maximum atomic E-state index is 12.9. The Bertz CT molecular complexity index is 1050. The van der Waals surface area contributed by atoms with Gasteiger partial charge in [0.2, 0.25) is 10.1 Å². The van der Waals surface area contributed by atoms with Crippen LogP contribution in [0.2, 0.25) is 0 Å². The van der Waals surface area contributed by atoms with Gasteiger partial charge in [0.15, 0.2) is 5.78 Å². The summed E-state index contributed by atoms with van der Waals surface area (Å²) < 4.78 is 14.6. The Hall–Kier alpha value is -3.06. The first-order chi connectivity index (χ1) is 12.6. The Labute approximate surface area is 153 Å². The van der Waals surface area contributed by atoms with Gasteiger partial charge in [-0.25, -0.2) is 13.9 Å². The number of halogens is 1. The zero-order valence-corrected chi connectivity index (χ0v) is 14.8. The molecule has 0 saturated heterocycles. The number of fused-ring (bicyclic) bond motifs is 1. The normalized spacial score (nSPS) is 11.0. The molecule has 1 N–H and O–H groups in total. The quantitative estimate of drug-likeness (QED) is 0.532. The van der Waals surface area contributed by atoms with E-state index < -0.39 is 0 Å². The van der Waals surface area contributed by atoms with E-state index in [9.17, 15) is 9.18 Å². The minimum Gasteiger partial charge on any atom is -0.356 e. The SMILES string of the molecule is CC(=O)c1cccc(-c2cn3nc(NCc4ccc(F)cc4)sc3n2)c1. The van der Waals surface area contributed by atoms with Crippen LogP contribution >= 0.6 is 11.3 Å². The third-order valence-electron chi connectivity index (χ3n) is 3.97. The molecule has 4 aromatic rings. The topological polar surface area (TPSA) is 59.3 Å². The van der Waals surface area contributed by atoms with Crippen molar-refractivity contribution in [2.45, 2.75) is 13.5 Å². The fourth-order valence-corrected chi connectivity index (χ4v) is 3.37. The van der Waals surface area contributed by atoms with E-state index in [0.717, 1.165) is 26.9 Å². The molecule has 0 aliphatic heterocycles. The van der Waals surface area contributed by atoms with Crippen molar-refractivity contribution < 1.29 is 9.18 Å². The number of ketones is 1. The molecule has 2 aromatic carbocycles. The first-order valence-electron chi connectivity index (χ1n) is 8.04. The second kappa shape index (κ2) is 6.68. The molecule has 0 atom stereocenters. The predicted octanol–water partition coefficient (Wildman–Crippen LogP) is 4.41. The summed E-state index contributed by atoms with van der Waals surface area (Å²) in [6.45, 7) is 2.11. The second-order valence-corrected chi connectivity index (χ2v) is 6.83. The van der Waals surface area contributed by atoms with Crippen LogP contribution in [0.4, 0.5) is 9.52 Å². The van der Waals surface area contributed by atoms with E-state index in [1.165, 1.54) is 23.5 Å². The average molecular weight is 366 g/mol. The fraction of sp³-hybridized carbons (Fsp3) is 0.105. The Morgan fingerprint density at radius 1 is 1.23 bits per heavy atom. The highest BCUT2D eigenvalue weighted by Crippen LogP contribution is 2.25. The van der Waals surface area contributed by atoms with Crippen LogP contribution in [-0.2, 0) is 6.54 Å². The van der Waals surface area contributed by atoms with Gasteiger partial charge in [0.05, 0.1) is 11.9 Å². The van der Waals surface area contributed by atoms with Crippen molar-refractivity contribution in [3.63, 3.8) is 0 Å². The zero-order valence-electron chi connectivity index (χ0n) is 13.9. The van der Waals surface area contributed by atoms with E-state index in [-0.39, 0.29) is 11.6 Å².